The number of fused-ring (bicyclic) bond motifs is 9. The van der Waals surface area contributed by atoms with Crippen LogP contribution in [0.3, 0.4) is 0 Å². The molecule has 57 heavy (non-hydrogen) atoms. The molecule has 0 bridgehead atoms. The third-order valence-electron chi connectivity index (χ3n) is 11.1. The Morgan fingerprint density at radius 2 is 0.912 bits per heavy atom. The monoisotopic (exact) mass is 730 g/mol. The van der Waals surface area contributed by atoms with Gasteiger partial charge in [0.1, 0.15) is 22.3 Å². The maximum Gasteiger partial charge on any atom is 0.164 e. The van der Waals surface area contributed by atoms with E-state index in [2.05, 4.69) is 102 Å². The minimum absolute atomic E-state index is 0.592. The summed E-state index contributed by atoms with van der Waals surface area (Å²) in [6.45, 7) is 0. The van der Waals surface area contributed by atoms with Gasteiger partial charge in [-0.1, -0.05) is 127 Å². The number of hydrogen-bond acceptors (Lipinski definition) is 5. The molecule has 4 aromatic heterocycles. The van der Waals surface area contributed by atoms with Gasteiger partial charge in [-0.2, -0.15) is 0 Å². The molecular formula is C51H30N4O2. The molecule has 0 saturated carbocycles. The van der Waals surface area contributed by atoms with E-state index in [9.17, 15) is 0 Å². The second kappa shape index (κ2) is 12.3. The van der Waals surface area contributed by atoms with E-state index < -0.39 is 0 Å². The summed E-state index contributed by atoms with van der Waals surface area (Å²) in [5.74, 6) is 1.83. The SMILES string of the molecule is c1ccc(-c2nc(-c3ccccc3)nc(-c3ccc4oc5cccc(-c6cccc7c6oc6ccc(-n8c9ccccc9c9ccccc98)cc67)c5c4c3)n2)cc1. The summed E-state index contributed by atoms with van der Waals surface area (Å²) in [5, 5.41) is 6.58. The largest absolute Gasteiger partial charge is 0.456 e. The Labute approximate surface area is 325 Å². The zero-order chi connectivity index (χ0) is 37.5. The van der Waals surface area contributed by atoms with Gasteiger partial charge in [-0.15, -0.1) is 0 Å². The molecule has 0 aliphatic rings. The van der Waals surface area contributed by atoms with Gasteiger partial charge in [0.25, 0.3) is 0 Å². The van der Waals surface area contributed by atoms with Gasteiger partial charge >= 0.3 is 0 Å². The van der Waals surface area contributed by atoms with E-state index in [1.54, 1.807) is 0 Å². The van der Waals surface area contributed by atoms with Gasteiger partial charge in [0.15, 0.2) is 17.5 Å². The number of rotatable bonds is 5. The van der Waals surface area contributed by atoms with Crippen molar-refractivity contribution in [3.05, 3.63) is 182 Å². The fourth-order valence-electron chi connectivity index (χ4n) is 8.47. The molecule has 0 fully saturated rings. The van der Waals surface area contributed by atoms with Gasteiger partial charge in [0.05, 0.1) is 11.0 Å². The topological polar surface area (TPSA) is 69.9 Å². The Morgan fingerprint density at radius 3 is 1.61 bits per heavy atom. The standard InChI is InChI=1S/C51H30N4O2/c1-3-13-31(14-4-1)49-52-50(32-15-5-2-6-16-32)54-51(53-49)33-25-27-45-41(29-33)47-37(19-12-24-46(47)56-45)38-20-11-21-39-40-30-34(26-28-44(40)57-48(38)39)55-42-22-9-7-17-35(42)36-18-8-10-23-43(36)55/h1-30H. The lowest BCUT2D eigenvalue weighted by atomic mass is 9.97. The molecule has 6 nitrogen and oxygen atoms in total. The van der Waals surface area contributed by atoms with Gasteiger partial charge in [0.2, 0.25) is 0 Å². The molecule has 0 radical (unpaired) electrons. The van der Waals surface area contributed by atoms with Crippen molar-refractivity contribution in [2.75, 3.05) is 0 Å². The zero-order valence-electron chi connectivity index (χ0n) is 30.4. The predicted molar refractivity (Wildman–Crippen MR) is 230 cm³/mol. The Kier molecular flexibility index (Phi) is 6.83. The van der Waals surface area contributed by atoms with E-state index in [0.29, 0.717) is 17.5 Å². The average Bonchev–Trinajstić information content (AvgIpc) is 3.96. The van der Waals surface area contributed by atoms with Crippen LogP contribution < -0.4 is 0 Å². The first-order chi connectivity index (χ1) is 28.2. The normalized spacial score (nSPS) is 11.9. The number of aromatic nitrogens is 4. The molecular weight excluding hydrogens is 701 g/mol. The van der Waals surface area contributed by atoms with Crippen LogP contribution in [0, 0.1) is 0 Å². The molecule has 0 amide bonds. The van der Waals surface area contributed by atoms with Crippen LogP contribution in [0.2, 0.25) is 0 Å². The van der Waals surface area contributed by atoms with Crippen LogP contribution in [-0.2, 0) is 0 Å². The summed E-state index contributed by atoms with van der Waals surface area (Å²) in [7, 11) is 0. The number of nitrogens with zero attached hydrogens (tertiary/aromatic N) is 4. The highest BCUT2D eigenvalue weighted by Crippen LogP contribution is 2.43. The van der Waals surface area contributed by atoms with Gasteiger partial charge in [-0.3, -0.25) is 0 Å². The summed E-state index contributed by atoms with van der Waals surface area (Å²) >= 11 is 0. The quantitative estimate of drug-likeness (QED) is 0.176. The van der Waals surface area contributed by atoms with Crippen LogP contribution >= 0.6 is 0 Å². The molecule has 0 atom stereocenters. The summed E-state index contributed by atoms with van der Waals surface area (Å²) in [4.78, 5) is 14.9. The smallest absolute Gasteiger partial charge is 0.164 e. The van der Waals surface area contributed by atoms with Crippen molar-refractivity contribution in [2.24, 2.45) is 0 Å². The number of para-hydroxylation sites is 3. The maximum atomic E-state index is 6.76. The summed E-state index contributed by atoms with van der Waals surface area (Å²) < 4.78 is 15.6. The second-order valence-corrected chi connectivity index (χ2v) is 14.4. The highest BCUT2D eigenvalue weighted by atomic mass is 16.3. The molecule has 0 aliphatic heterocycles. The zero-order valence-corrected chi connectivity index (χ0v) is 30.4. The highest BCUT2D eigenvalue weighted by Gasteiger charge is 2.20. The minimum atomic E-state index is 0.592. The predicted octanol–water partition coefficient (Wildman–Crippen LogP) is 13.4. The van der Waals surface area contributed by atoms with Crippen molar-refractivity contribution in [1.82, 2.24) is 19.5 Å². The third-order valence-corrected chi connectivity index (χ3v) is 11.1. The first-order valence-electron chi connectivity index (χ1n) is 19.0. The summed E-state index contributed by atoms with van der Waals surface area (Å²) in [6, 6.07) is 62.6. The van der Waals surface area contributed by atoms with Crippen LogP contribution in [0.4, 0.5) is 0 Å². The van der Waals surface area contributed by atoms with E-state index in [1.165, 1.54) is 21.8 Å². The number of hydrogen-bond donors (Lipinski definition) is 0. The molecule has 6 heteroatoms. The van der Waals surface area contributed by atoms with E-state index >= 15 is 0 Å². The van der Waals surface area contributed by atoms with E-state index in [4.69, 9.17) is 23.8 Å². The Bertz CT molecular complexity index is 3410. The molecule has 0 N–H and O–H groups in total. The Hall–Kier alpha value is -7.83. The molecule has 12 aromatic rings. The van der Waals surface area contributed by atoms with Gasteiger partial charge in [-0.25, -0.2) is 15.0 Å². The first kappa shape index (κ1) is 31.5. The van der Waals surface area contributed by atoms with Crippen LogP contribution in [0.25, 0.3) is 117 Å². The maximum absolute atomic E-state index is 6.76. The second-order valence-electron chi connectivity index (χ2n) is 14.4. The van der Waals surface area contributed by atoms with E-state index in [-0.39, 0.29) is 0 Å². The molecule has 4 heterocycles. The molecule has 8 aromatic carbocycles. The van der Waals surface area contributed by atoms with Gasteiger partial charge in [-0.05, 0) is 60.2 Å². The fourth-order valence-corrected chi connectivity index (χ4v) is 8.47. The average molecular weight is 731 g/mol. The Morgan fingerprint density at radius 1 is 0.351 bits per heavy atom. The van der Waals surface area contributed by atoms with Crippen LogP contribution in [0.15, 0.2) is 191 Å². The summed E-state index contributed by atoms with van der Waals surface area (Å²) in [6.07, 6.45) is 0. The van der Waals surface area contributed by atoms with E-state index in [1.807, 2.05) is 84.9 Å². The van der Waals surface area contributed by atoms with Crippen molar-refractivity contribution in [1.29, 1.82) is 0 Å². The lowest BCUT2D eigenvalue weighted by molar-refractivity contribution is 0.668. The van der Waals surface area contributed by atoms with Crippen LogP contribution in [0.5, 0.6) is 0 Å². The highest BCUT2D eigenvalue weighted by molar-refractivity contribution is 6.18. The molecule has 0 spiro atoms. The van der Waals surface area contributed by atoms with Gasteiger partial charge < -0.3 is 13.4 Å². The van der Waals surface area contributed by atoms with Crippen molar-refractivity contribution < 1.29 is 8.83 Å². The lowest BCUT2D eigenvalue weighted by Gasteiger charge is -2.09. The van der Waals surface area contributed by atoms with Crippen LogP contribution in [0.1, 0.15) is 0 Å². The molecule has 266 valence electrons. The fraction of sp³-hybridized carbons (Fsp3) is 0. The van der Waals surface area contributed by atoms with E-state index in [0.717, 1.165) is 77.4 Å². The van der Waals surface area contributed by atoms with Crippen molar-refractivity contribution >= 4 is 65.7 Å². The molecule has 0 aliphatic carbocycles. The van der Waals surface area contributed by atoms with Crippen LogP contribution in [-0.4, -0.2) is 19.5 Å². The molecule has 12 rings (SSSR count). The van der Waals surface area contributed by atoms with Crippen molar-refractivity contribution in [3.63, 3.8) is 0 Å². The molecule has 0 saturated heterocycles. The third kappa shape index (κ3) is 4.94. The number of benzene rings is 8. The van der Waals surface area contributed by atoms with Gasteiger partial charge in [0, 0.05) is 60.3 Å². The summed E-state index contributed by atoms with van der Waals surface area (Å²) in [5.41, 5.74) is 11.5. The lowest BCUT2D eigenvalue weighted by Crippen LogP contribution is -2.00. The number of furan rings is 2. The molecule has 0 unspecified atom stereocenters. The van der Waals surface area contributed by atoms with Crippen molar-refractivity contribution in [2.45, 2.75) is 0 Å². The Balaban J connectivity index is 1.03. The van der Waals surface area contributed by atoms with Crippen molar-refractivity contribution in [3.8, 4) is 51.0 Å². The minimum Gasteiger partial charge on any atom is -0.456 e. The first-order valence-corrected chi connectivity index (χ1v) is 19.0.